The average molecular weight is 482 g/mol. The molecule has 7 heteroatoms. The summed E-state index contributed by atoms with van der Waals surface area (Å²) in [4.78, 5) is 21.9. The molecule has 2 aromatic rings. The normalized spacial score (nSPS) is 16.4. The predicted octanol–water partition coefficient (Wildman–Crippen LogP) is 5.28. The second kappa shape index (κ2) is 13.0. The Labute approximate surface area is 204 Å². The smallest absolute Gasteiger partial charge is 0.228 e. The molecular formula is C27H29ClFN3O2. The van der Waals surface area contributed by atoms with E-state index < -0.39 is 0 Å². The van der Waals surface area contributed by atoms with Crippen LogP contribution in [-0.2, 0) is 11.2 Å². The van der Waals surface area contributed by atoms with E-state index in [1.165, 1.54) is 12.1 Å². The zero-order valence-electron chi connectivity index (χ0n) is 19.2. The van der Waals surface area contributed by atoms with E-state index in [-0.39, 0.29) is 30.7 Å². The average Bonchev–Trinajstić information content (AvgIpc) is 2.83. The lowest BCUT2D eigenvalue weighted by molar-refractivity contribution is -0.119. The minimum absolute atomic E-state index is 0.0558. The summed E-state index contributed by atoms with van der Waals surface area (Å²) >= 11 is 6.23. The molecule has 0 bridgehead atoms. The van der Waals surface area contributed by atoms with Crippen LogP contribution in [0.4, 0.5) is 4.39 Å². The van der Waals surface area contributed by atoms with Gasteiger partial charge in [0, 0.05) is 53.3 Å². The van der Waals surface area contributed by atoms with Gasteiger partial charge in [0.2, 0.25) is 5.91 Å². The lowest BCUT2D eigenvalue weighted by atomic mass is 9.86. The predicted molar refractivity (Wildman–Crippen MR) is 136 cm³/mol. The molecular weight excluding hydrogens is 453 g/mol. The molecule has 1 aliphatic heterocycles. The van der Waals surface area contributed by atoms with Gasteiger partial charge in [-0.1, -0.05) is 35.9 Å². The van der Waals surface area contributed by atoms with Crippen molar-refractivity contribution in [3.63, 3.8) is 0 Å². The maximum absolute atomic E-state index is 13.7. The topological polar surface area (TPSA) is 74.0 Å². The second-order valence-electron chi connectivity index (χ2n) is 8.04. The molecule has 0 saturated carbocycles. The first-order valence-electron chi connectivity index (χ1n) is 11.3. The van der Waals surface area contributed by atoms with E-state index in [1.54, 1.807) is 24.4 Å². The van der Waals surface area contributed by atoms with Gasteiger partial charge in [0.25, 0.3) is 0 Å². The largest absolute Gasteiger partial charge is 0.396 e. The Morgan fingerprint density at radius 1 is 1.21 bits per heavy atom. The zero-order valence-corrected chi connectivity index (χ0v) is 19.9. The Kier molecular flexibility index (Phi) is 9.74. The molecule has 5 nitrogen and oxygen atoms in total. The number of halogens is 2. The van der Waals surface area contributed by atoms with Crippen LogP contribution in [0.2, 0.25) is 5.02 Å². The highest BCUT2D eigenvalue weighted by atomic mass is 35.5. The number of aliphatic hydroxyl groups excluding tert-OH is 1. The molecule has 0 aromatic heterocycles. The lowest BCUT2D eigenvalue weighted by Gasteiger charge is -2.23. The summed E-state index contributed by atoms with van der Waals surface area (Å²) in [5, 5.41) is 12.7. The monoisotopic (exact) mass is 481 g/mol. The summed E-state index contributed by atoms with van der Waals surface area (Å²) in [6.45, 7) is 2.46. The summed E-state index contributed by atoms with van der Waals surface area (Å²) in [5.41, 5.74) is 3.73. The van der Waals surface area contributed by atoms with Gasteiger partial charge < -0.3 is 10.4 Å². The number of benzene rings is 2. The van der Waals surface area contributed by atoms with E-state index in [0.29, 0.717) is 42.2 Å². The molecule has 0 spiro atoms. The molecule has 1 unspecified atom stereocenters. The van der Waals surface area contributed by atoms with Gasteiger partial charge in [0.1, 0.15) is 5.82 Å². The van der Waals surface area contributed by atoms with Crippen LogP contribution in [0.1, 0.15) is 37.3 Å². The van der Waals surface area contributed by atoms with Crippen molar-refractivity contribution in [2.24, 2.45) is 15.9 Å². The van der Waals surface area contributed by atoms with Gasteiger partial charge in [-0.3, -0.25) is 14.8 Å². The quantitative estimate of drug-likeness (QED) is 0.358. The van der Waals surface area contributed by atoms with Gasteiger partial charge in [0.15, 0.2) is 0 Å². The van der Waals surface area contributed by atoms with E-state index in [0.717, 1.165) is 16.7 Å². The molecule has 0 saturated heterocycles. The van der Waals surface area contributed by atoms with E-state index >= 15 is 0 Å². The number of aliphatic imine (C=N–C) groups is 2. The molecule has 1 aliphatic rings. The number of carbonyl (C=O) groups excluding carboxylic acids is 1. The number of carbonyl (C=O) groups is 1. The minimum atomic E-state index is -0.330. The maximum Gasteiger partial charge on any atom is 0.228 e. The molecule has 34 heavy (non-hydrogen) atoms. The highest BCUT2D eigenvalue weighted by Gasteiger charge is 2.23. The van der Waals surface area contributed by atoms with Crippen molar-refractivity contribution in [2.75, 3.05) is 13.2 Å². The molecule has 3 rings (SSSR count). The van der Waals surface area contributed by atoms with E-state index in [4.69, 9.17) is 21.7 Å². The summed E-state index contributed by atoms with van der Waals surface area (Å²) in [7, 11) is 0. The van der Waals surface area contributed by atoms with Crippen molar-refractivity contribution in [1.82, 2.24) is 5.32 Å². The highest BCUT2D eigenvalue weighted by molar-refractivity contribution is 6.31. The van der Waals surface area contributed by atoms with Crippen LogP contribution >= 0.6 is 11.6 Å². The number of aliphatic hydroxyl groups is 1. The Hall–Kier alpha value is -3.09. The van der Waals surface area contributed by atoms with Crippen molar-refractivity contribution in [2.45, 2.75) is 32.6 Å². The third-order valence-corrected chi connectivity index (χ3v) is 5.86. The fourth-order valence-corrected chi connectivity index (χ4v) is 4.00. The van der Waals surface area contributed by atoms with E-state index in [2.05, 4.69) is 10.3 Å². The maximum atomic E-state index is 13.7. The number of unbranched alkanes of at least 4 members (excludes halogenated alkanes) is 1. The number of nitrogens with one attached hydrogen (secondary N) is 1. The molecule has 0 aliphatic carbocycles. The molecule has 1 atom stereocenters. The van der Waals surface area contributed by atoms with Crippen LogP contribution in [0.25, 0.3) is 0 Å². The molecule has 0 radical (unpaired) electrons. The van der Waals surface area contributed by atoms with E-state index in [9.17, 15) is 9.18 Å². The minimum Gasteiger partial charge on any atom is -0.396 e. The van der Waals surface area contributed by atoms with Crippen LogP contribution in [0.5, 0.6) is 0 Å². The Morgan fingerprint density at radius 3 is 2.65 bits per heavy atom. The van der Waals surface area contributed by atoms with Gasteiger partial charge in [-0.25, -0.2) is 4.39 Å². The first-order valence-corrected chi connectivity index (χ1v) is 11.7. The fourth-order valence-electron chi connectivity index (χ4n) is 3.80. The van der Waals surface area contributed by atoms with Crippen molar-refractivity contribution < 1.29 is 14.3 Å². The van der Waals surface area contributed by atoms with Gasteiger partial charge >= 0.3 is 0 Å². The number of hydrogen-bond acceptors (Lipinski definition) is 4. The van der Waals surface area contributed by atoms with Gasteiger partial charge in [-0.05, 0) is 62.1 Å². The van der Waals surface area contributed by atoms with Crippen LogP contribution in [0, 0.1) is 11.7 Å². The van der Waals surface area contributed by atoms with Crippen molar-refractivity contribution in [3.05, 3.63) is 94.0 Å². The molecule has 2 N–H and O–H groups in total. The second-order valence-corrected chi connectivity index (χ2v) is 8.45. The number of allylic oxidation sites excluding steroid dienone is 3. The molecule has 178 valence electrons. The first kappa shape index (κ1) is 25.5. The molecule has 1 heterocycles. The van der Waals surface area contributed by atoms with Gasteiger partial charge in [0.05, 0.1) is 12.1 Å². The molecule has 1 amide bonds. The summed E-state index contributed by atoms with van der Waals surface area (Å²) in [5.74, 6) is -0.571. The van der Waals surface area contributed by atoms with Crippen molar-refractivity contribution >= 4 is 29.4 Å². The SMILES string of the molecule is C/C(NC(=O)Cc1ccccc1Cl)=C(\C(=N/CCCCO)c1ccc(F)cc1)C1C=CN=CC1. The standard InChI is InChI=1S/C27H29ClFN3O2/c1-19(32-25(34)18-22-6-2-3-7-24(22)28)26(20-12-15-30-16-13-20)27(31-14-4-5-17-33)21-8-10-23(29)11-9-21/h2-3,6-12,15-16,20,33H,4-5,13-14,17-18H2,1H3,(H,32,34)/b26-19+,31-27-. The third kappa shape index (κ3) is 7.20. The van der Waals surface area contributed by atoms with Crippen LogP contribution < -0.4 is 5.32 Å². The zero-order chi connectivity index (χ0) is 24.3. The highest BCUT2D eigenvalue weighted by Crippen LogP contribution is 2.27. The summed E-state index contributed by atoms with van der Waals surface area (Å²) in [6, 6.07) is 13.5. The lowest BCUT2D eigenvalue weighted by Crippen LogP contribution is -2.28. The fraction of sp³-hybridized carbons (Fsp3) is 0.296. The van der Waals surface area contributed by atoms with Gasteiger partial charge in [-0.2, -0.15) is 0 Å². The molecule has 0 fully saturated rings. The number of nitrogens with zero attached hydrogens (tertiary/aromatic N) is 2. The first-order chi connectivity index (χ1) is 16.5. The van der Waals surface area contributed by atoms with Gasteiger partial charge in [-0.15, -0.1) is 0 Å². The van der Waals surface area contributed by atoms with Crippen LogP contribution in [0.15, 0.2) is 82.1 Å². The molecule has 2 aromatic carbocycles. The Morgan fingerprint density at radius 2 is 1.97 bits per heavy atom. The summed E-state index contributed by atoms with van der Waals surface area (Å²) < 4.78 is 13.7. The van der Waals surface area contributed by atoms with Crippen LogP contribution in [-0.4, -0.2) is 36.1 Å². The number of amides is 1. The van der Waals surface area contributed by atoms with E-state index in [1.807, 2.05) is 37.4 Å². The van der Waals surface area contributed by atoms with Crippen molar-refractivity contribution in [3.8, 4) is 0 Å². The number of hydrogen-bond donors (Lipinski definition) is 2. The van der Waals surface area contributed by atoms with Crippen molar-refractivity contribution in [1.29, 1.82) is 0 Å². The van der Waals surface area contributed by atoms with Crippen LogP contribution in [0.3, 0.4) is 0 Å². The summed E-state index contributed by atoms with van der Waals surface area (Å²) in [6.07, 6.45) is 7.70. The third-order valence-electron chi connectivity index (χ3n) is 5.49. The Balaban J connectivity index is 1.98. The number of rotatable bonds is 10. The Bertz CT molecular complexity index is 1110.